The van der Waals surface area contributed by atoms with Crippen LogP contribution in [0.3, 0.4) is 0 Å². The molecule has 0 saturated carbocycles. The molecule has 1 heterocycles. The highest BCUT2D eigenvalue weighted by atomic mass is 79.9. The van der Waals surface area contributed by atoms with Crippen LogP contribution in [-0.4, -0.2) is 10.1 Å². The van der Waals surface area contributed by atoms with Crippen LogP contribution in [0.25, 0.3) is 0 Å². The van der Waals surface area contributed by atoms with Gasteiger partial charge in [-0.25, -0.2) is 0 Å². The number of hydrogen-bond donors (Lipinski definition) is 0. The van der Waals surface area contributed by atoms with Crippen LogP contribution in [-0.2, 0) is 6.42 Å². The van der Waals surface area contributed by atoms with Gasteiger partial charge in [0, 0.05) is 6.42 Å². The summed E-state index contributed by atoms with van der Waals surface area (Å²) in [5.74, 6) is 0.698. The Balaban J connectivity index is 2.61. The second-order valence-electron chi connectivity index (χ2n) is 1.71. The zero-order chi connectivity index (χ0) is 6.69. The van der Waals surface area contributed by atoms with E-state index in [-0.39, 0.29) is 0 Å². The molecule has 0 N–H and O–H groups in total. The second-order valence-corrected chi connectivity index (χ2v) is 2.42. The molecule has 0 aliphatic carbocycles. The fourth-order valence-electron chi connectivity index (χ4n) is 0.549. The van der Waals surface area contributed by atoms with E-state index in [2.05, 4.69) is 33.0 Å². The van der Waals surface area contributed by atoms with Crippen molar-refractivity contribution >= 4 is 15.9 Å². The van der Waals surface area contributed by atoms with E-state index < -0.39 is 0 Å². The quantitative estimate of drug-likeness (QED) is 0.715. The van der Waals surface area contributed by atoms with Crippen molar-refractivity contribution in [1.29, 1.82) is 0 Å². The average Bonchev–Trinajstić information content (AvgIpc) is 2.17. The lowest BCUT2D eigenvalue weighted by Crippen LogP contribution is -1.79. The van der Waals surface area contributed by atoms with Gasteiger partial charge in [-0.15, -0.1) is 0 Å². The molecule has 0 unspecified atom stereocenters. The molecule has 0 radical (unpaired) electrons. The van der Waals surface area contributed by atoms with Crippen LogP contribution in [0.15, 0.2) is 9.26 Å². The molecule has 0 atom stereocenters. The Labute approximate surface area is 61.6 Å². The number of halogens is 1. The first-order chi connectivity index (χ1) is 4.33. The summed E-state index contributed by atoms with van der Waals surface area (Å²) in [4.78, 5) is 3.94. The first-order valence-electron chi connectivity index (χ1n) is 2.81. The van der Waals surface area contributed by atoms with Crippen LogP contribution in [0.5, 0.6) is 0 Å². The van der Waals surface area contributed by atoms with E-state index in [1.54, 1.807) is 0 Å². The normalized spacial score (nSPS) is 10.0. The van der Waals surface area contributed by atoms with Gasteiger partial charge in [-0.05, 0) is 27.5 Å². The van der Waals surface area contributed by atoms with Crippen molar-refractivity contribution in [2.45, 2.75) is 19.8 Å². The third kappa shape index (κ3) is 1.78. The number of rotatable bonds is 2. The second kappa shape index (κ2) is 2.96. The molecule has 0 saturated heterocycles. The van der Waals surface area contributed by atoms with E-state index in [0.717, 1.165) is 12.8 Å². The minimum atomic E-state index is 0.533. The Hall–Kier alpha value is -0.380. The Kier molecular flexibility index (Phi) is 2.22. The molecule has 50 valence electrons. The minimum absolute atomic E-state index is 0.533. The fraction of sp³-hybridized carbons (Fsp3) is 0.600. The average molecular weight is 191 g/mol. The molecule has 1 aromatic rings. The first-order valence-corrected chi connectivity index (χ1v) is 3.60. The highest BCUT2D eigenvalue weighted by molar-refractivity contribution is 9.10. The lowest BCUT2D eigenvalue weighted by molar-refractivity contribution is 0.374. The Morgan fingerprint density at radius 2 is 2.44 bits per heavy atom. The number of hydrogen-bond acceptors (Lipinski definition) is 3. The maximum atomic E-state index is 4.80. The van der Waals surface area contributed by atoms with Crippen LogP contribution >= 0.6 is 15.9 Å². The maximum absolute atomic E-state index is 4.80. The van der Waals surface area contributed by atoms with Gasteiger partial charge in [-0.3, -0.25) is 0 Å². The van der Waals surface area contributed by atoms with Gasteiger partial charge < -0.3 is 4.52 Å². The maximum Gasteiger partial charge on any atom is 0.238 e. The molecular formula is C5H7BrN2O. The Morgan fingerprint density at radius 3 is 2.89 bits per heavy atom. The molecule has 0 bridgehead atoms. The van der Waals surface area contributed by atoms with E-state index in [1.807, 2.05) is 0 Å². The van der Waals surface area contributed by atoms with Gasteiger partial charge in [0.2, 0.25) is 10.6 Å². The van der Waals surface area contributed by atoms with Crippen molar-refractivity contribution in [3.8, 4) is 0 Å². The number of aryl methyl sites for hydroxylation is 1. The molecule has 4 heteroatoms. The van der Waals surface area contributed by atoms with Crippen LogP contribution in [0.4, 0.5) is 0 Å². The Bertz CT molecular complexity index is 187. The molecule has 3 nitrogen and oxygen atoms in total. The van der Waals surface area contributed by atoms with Crippen molar-refractivity contribution < 1.29 is 4.52 Å². The fourth-order valence-corrected chi connectivity index (χ4v) is 0.820. The van der Waals surface area contributed by atoms with Crippen LogP contribution in [0, 0.1) is 0 Å². The van der Waals surface area contributed by atoms with Gasteiger partial charge in [-0.1, -0.05) is 6.92 Å². The van der Waals surface area contributed by atoms with E-state index in [0.29, 0.717) is 10.6 Å². The van der Waals surface area contributed by atoms with Crippen molar-refractivity contribution in [1.82, 2.24) is 10.1 Å². The largest absolute Gasteiger partial charge is 0.338 e. The highest BCUT2D eigenvalue weighted by Gasteiger charge is 1.99. The molecule has 0 spiro atoms. The van der Waals surface area contributed by atoms with Gasteiger partial charge in [0.15, 0.2) is 0 Å². The van der Waals surface area contributed by atoms with E-state index in [9.17, 15) is 0 Å². The van der Waals surface area contributed by atoms with E-state index >= 15 is 0 Å². The van der Waals surface area contributed by atoms with Crippen molar-refractivity contribution in [3.63, 3.8) is 0 Å². The van der Waals surface area contributed by atoms with Crippen LogP contribution in [0.2, 0.25) is 0 Å². The summed E-state index contributed by atoms with van der Waals surface area (Å²) in [7, 11) is 0. The monoisotopic (exact) mass is 190 g/mol. The molecule has 0 aliphatic heterocycles. The molecular weight excluding hydrogens is 184 g/mol. The predicted molar refractivity (Wildman–Crippen MR) is 36.0 cm³/mol. The number of nitrogens with zero attached hydrogens (tertiary/aromatic N) is 2. The minimum Gasteiger partial charge on any atom is -0.338 e. The zero-order valence-corrected chi connectivity index (χ0v) is 6.68. The predicted octanol–water partition coefficient (Wildman–Crippen LogP) is 1.78. The van der Waals surface area contributed by atoms with Crippen molar-refractivity contribution in [2.24, 2.45) is 0 Å². The SMILES string of the molecule is CCCc1nc(Br)no1. The topological polar surface area (TPSA) is 38.9 Å². The van der Waals surface area contributed by atoms with Gasteiger partial charge in [0.25, 0.3) is 0 Å². The molecule has 0 aromatic carbocycles. The summed E-state index contributed by atoms with van der Waals surface area (Å²) in [6.45, 7) is 2.07. The summed E-state index contributed by atoms with van der Waals surface area (Å²) < 4.78 is 5.33. The smallest absolute Gasteiger partial charge is 0.238 e. The van der Waals surface area contributed by atoms with E-state index in [1.165, 1.54) is 0 Å². The van der Waals surface area contributed by atoms with Gasteiger partial charge >= 0.3 is 0 Å². The highest BCUT2D eigenvalue weighted by Crippen LogP contribution is 2.04. The first kappa shape index (κ1) is 6.74. The van der Waals surface area contributed by atoms with Crippen molar-refractivity contribution in [2.75, 3.05) is 0 Å². The molecule has 1 rings (SSSR count). The van der Waals surface area contributed by atoms with Crippen LogP contribution in [0.1, 0.15) is 19.2 Å². The summed E-state index contributed by atoms with van der Waals surface area (Å²) in [6.07, 6.45) is 1.90. The third-order valence-electron chi connectivity index (χ3n) is 0.907. The lowest BCUT2D eigenvalue weighted by Gasteiger charge is -1.81. The summed E-state index contributed by atoms with van der Waals surface area (Å²) >= 11 is 3.09. The lowest BCUT2D eigenvalue weighted by atomic mass is 10.3. The molecule has 0 aliphatic rings. The molecule has 0 fully saturated rings. The summed E-state index contributed by atoms with van der Waals surface area (Å²) in [5, 5.41) is 3.57. The van der Waals surface area contributed by atoms with Gasteiger partial charge in [0.1, 0.15) is 0 Å². The van der Waals surface area contributed by atoms with E-state index in [4.69, 9.17) is 4.52 Å². The standard InChI is InChI=1S/C5H7BrN2O/c1-2-3-4-7-5(6)8-9-4/h2-3H2,1H3. The van der Waals surface area contributed by atoms with Crippen molar-refractivity contribution in [3.05, 3.63) is 10.6 Å². The summed E-state index contributed by atoms with van der Waals surface area (Å²) in [6, 6.07) is 0. The Morgan fingerprint density at radius 1 is 1.67 bits per heavy atom. The molecule has 0 amide bonds. The molecule has 9 heavy (non-hydrogen) atoms. The number of aromatic nitrogens is 2. The third-order valence-corrected chi connectivity index (χ3v) is 1.23. The van der Waals surface area contributed by atoms with Gasteiger partial charge in [0.05, 0.1) is 0 Å². The van der Waals surface area contributed by atoms with Crippen LogP contribution < -0.4 is 0 Å². The zero-order valence-electron chi connectivity index (χ0n) is 5.09. The van der Waals surface area contributed by atoms with Gasteiger partial charge in [-0.2, -0.15) is 4.98 Å². The molecule has 1 aromatic heterocycles. The summed E-state index contributed by atoms with van der Waals surface area (Å²) in [5.41, 5.74) is 0.